The van der Waals surface area contributed by atoms with Gasteiger partial charge in [-0.05, 0) is 42.2 Å². The second-order valence-electron chi connectivity index (χ2n) is 5.34. The Kier molecular flexibility index (Phi) is 3.79. The monoisotopic (exact) mass is 290 g/mol. The maximum Gasteiger partial charge on any atom is 0.323 e. The molecule has 2 aromatic carbocycles. The normalized spacial score (nSPS) is 12.3. The number of benzene rings is 2. The Morgan fingerprint density at radius 3 is 2.73 bits per heavy atom. The summed E-state index contributed by atoms with van der Waals surface area (Å²) in [4.78, 5) is 12.1. The van der Waals surface area contributed by atoms with Crippen molar-refractivity contribution in [3.63, 3.8) is 0 Å². The highest BCUT2D eigenvalue weighted by molar-refractivity contribution is 5.97. The fourth-order valence-electron chi connectivity index (χ4n) is 2.84. The molecule has 1 aliphatic rings. The minimum atomic E-state index is -0.242. The molecule has 3 rings (SSSR count). The summed E-state index contributed by atoms with van der Waals surface area (Å²) in [6, 6.07) is 14.1. The Labute approximate surface area is 130 Å². The SMILES string of the molecule is C=C/C=C(\C)NC(=O)Nc1cccc2c1-c1ccccc1C2. The van der Waals surface area contributed by atoms with E-state index in [0.717, 1.165) is 23.4 Å². The molecule has 22 heavy (non-hydrogen) atoms. The van der Waals surface area contributed by atoms with Crippen LogP contribution in [0.15, 0.2) is 66.9 Å². The number of rotatable bonds is 3. The molecule has 0 aliphatic heterocycles. The van der Waals surface area contributed by atoms with Crippen LogP contribution in [-0.2, 0) is 6.42 Å². The van der Waals surface area contributed by atoms with Crippen LogP contribution in [0.3, 0.4) is 0 Å². The number of carbonyl (C=O) groups excluding carboxylic acids is 1. The maximum atomic E-state index is 12.1. The predicted molar refractivity (Wildman–Crippen MR) is 90.8 cm³/mol. The van der Waals surface area contributed by atoms with Crippen LogP contribution in [0.5, 0.6) is 0 Å². The molecular weight excluding hydrogens is 272 g/mol. The molecule has 0 bridgehead atoms. The van der Waals surface area contributed by atoms with Crippen molar-refractivity contribution in [1.82, 2.24) is 5.32 Å². The zero-order valence-electron chi connectivity index (χ0n) is 12.5. The number of nitrogens with one attached hydrogen (secondary N) is 2. The lowest BCUT2D eigenvalue weighted by molar-refractivity contribution is 0.254. The maximum absolute atomic E-state index is 12.1. The molecule has 1 aliphatic carbocycles. The van der Waals surface area contributed by atoms with Crippen LogP contribution in [0.25, 0.3) is 11.1 Å². The van der Waals surface area contributed by atoms with E-state index in [1.807, 2.05) is 31.2 Å². The standard InChI is InChI=1S/C19H18N2O/c1-3-7-13(2)20-19(22)21-17-11-6-9-15-12-14-8-4-5-10-16(14)18(15)17/h3-11H,1,12H2,2H3,(H2,20,21,22)/b13-7+. The van der Waals surface area contributed by atoms with Crippen LogP contribution >= 0.6 is 0 Å². The van der Waals surface area contributed by atoms with Gasteiger partial charge in [-0.1, -0.05) is 49.1 Å². The van der Waals surface area contributed by atoms with E-state index in [9.17, 15) is 4.79 Å². The van der Waals surface area contributed by atoms with E-state index in [4.69, 9.17) is 0 Å². The molecule has 0 unspecified atom stereocenters. The molecule has 0 spiro atoms. The summed E-state index contributed by atoms with van der Waals surface area (Å²) in [5.41, 5.74) is 6.46. The minimum Gasteiger partial charge on any atom is -0.312 e. The molecule has 0 atom stereocenters. The third-order valence-electron chi connectivity index (χ3n) is 3.75. The van der Waals surface area contributed by atoms with E-state index >= 15 is 0 Å². The van der Waals surface area contributed by atoms with Crippen molar-refractivity contribution in [3.8, 4) is 11.1 Å². The number of anilines is 1. The smallest absolute Gasteiger partial charge is 0.312 e. The zero-order valence-corrected chi connectivity index (χ0v) is 12.5. The molecule has 0 radical (unpaired) electrons. The largest absolute Gasteiger partial charge is 0.323 e. The molecule has 2 N–H and O–H groups in total. The van der Waals surface area contributed by atoms with Crippen molar-refractivity contribution >= 4 is 11.7 Å². The van der Waals surface area contributed by atoms with E-state index in [1.165, 1.54) is 16.7 Å². The predicted octanol–water partition coefficient (Wildman–Crippen LogP) is 4.47. The Hall–Kier alpha value is -2.81. The zero-order chi connectivity index (χ0) is 15.5. The highest BCUT2D eigenvalue weighted by atomic mass is 16.2. The summed E-state index contributed by atoms with van der Waals surface area (Å²) in [5, 5.41) is 5.73. The van der Waals surface area contributed by atoms with Gasteiger partial charge < -0.3 is 10.6 Å². The van der Waals surface area contributed by atoms with Gasteiger partial charge >= 0.3 is 6.03 Å². The van der Waals surface area contributed by atoms with Crippen molar-refractivity contribution in [2.45, 2.75) is 13.3 Å². The highest BCUT2D eigenvalue weighted by Gasteiger charge is 2.21. The molecule has 0 saturated carbocycles. The first-order chi connectivity index (χ1) is 10.7. The summed E-state index contributed by atoms with van der Waals surface area (Å²) < 4.78 is 0. The van der Waals surface area contributed by atoms with Gasteiger partial charge in [0.05, 0.1) is 5.69 Å². The number of amides is 2. The molecule has 0 saturated heterocycles. The number of fused-ring (bicyclic) bond motifs is 3. The second kappa shape index (κ2) is 5.90. The fourth-order valence-corrected chi connectivity index (χ4v) is 2.84. The quantitative estimate of drug-likeness (QED) is 0.687. The lowest BCUT2D eigenvalue weighted by Gasteiger charge is -2.12. The van der Waals surface area contributed by atoms with E-state index in [1.54, 1.807) is 12.2 Å². The Morgan fingerprint density at radius 2 is 1.91 bits per heavy atom. The third-order valence-corrected chi connectivity index (χ3v) is 3.75. The van der Waals surface area contributed by atoms with Crippen molar-refractivity contribution in [3.05, 3.63) is 78.0 Å². The molecule has 2 amide bonds. The van der Waals surface area contributed by atoms with Gasteiger partial charge in [-0.3, -0.25) is 0 Å². The first kappa shape index (κ1) is 14.1. The lowest BCUT2D eigenvalue weighted by atomic mass is 10.0. The third kappa shape index (κ3) is 2.66. The molecule has 3 nitrogen and oxygen atoms in total. The highest BCUT2D eigenvalue weighted by Crippen LogP contribution is 2.41. The van der Waals surface area contributed by atoms with Crippen LogP contribution in [-0.4, -0.2) is 6.03 Å². The van der Waals surface area contributed by atoms with Crippen molar-refractivity contribution in [2.24, 2.45) is 0 Å². The van der Waals surface area contributed by atoms with Crippen LogP contribution in [0.2, 0.25) is 0 Å². The number of allylic oxidation sites excluding steroid dienone is 3. The van der Waals surface area contributed by atoms with Gasteiger partial charge in [0.2, 0.25) is 0 Å². The summed E-state index contributed by atoms with van der Waals surface area (Å²) in [7, 11) is 0. The Morgan fingerprint density at radius 1 is 1.14 bits per heavy atom. The van der Waals surface area contributed by atoms with Crippen LogP contribution in [0.4, 0.5) is 10.5 Å². The number of hydrogen-bond donors (Lipinski definition) is 2. The van der Waals surface area contributed by atoms with Crippen molar-refractivity contribution in [2.75, 3.05) is 5.32 Å². The van der Waals surface area contributed by atoms with E-state index < -0.39 is 0 Å². The van der Waals surface area contributed by atoms with E-state index in [-0.39, 0.29) is 6.03 Å². The van der Waals surface area contributed by atoms with Gasteiger partial charge in [0.25, 0.3) is 0 Å². The summed E-state index contributed by atoms with van der Waals surface area (Å²) in [5.74, 6) is 0. The lowest BCUT2D eigenvalue weighted by Crippen LogP contribution is -2.27. The van der Waals surface area contributed by atoms with E-state index in [2.05, 4.69) is 35.4 Å². The van der Waals surface area contributed by atoms with Gasteiger partial charge in [-0.25, -0.2) is 4.79 Å². The number of urea groups is 1. The van der Waals surface area contributed by atoms with Gasteiger partial charge in [0, 0.05) is 11.3 Å². The summed E-state index contributed by atoms with van der Waals surface area (Å²) >= 11 is 0. The topological polar surface area (TPSA) is 41.1 Å². The average Bonchev–Trinajstić information content (AvgIpc) is 2.86. The molecule has 3 heteroatoms. The van der Waals surface area contributed by atoms with E-state index in [0.29, 0.717) is 0 Å². The number of carbonyl (C=O) groups is 1. The van der Waals surface area contributed by atoms with Crippen molar-refractivity contribution in [1.29, 1.82) is 0 Å². The van der Waals surface area contributed by atoms with Gasteiger partial charge in [-0.2, -0.15) is 0 Å². The van der Waals surface area contributed by atoms with Gasteiger partial charge in [0.15, 0.2) is 0 Å². The van der Waals surface area contributed by atoms with Crippen LogP contribution in [0, 0.1) is 0 Å². The first-order valence-electron chi connectivity index (χ1n) is 7.26. The Bertz CT molecular complexity index is 775. The summed E-state index contributed by atoms with van der Waals surface area (Å²) in [6.45, 7) is 5.44. The molecule has 0 aromatic heterocycles. The van der Waals surface area contributed by atoms with Gasteiger partial charge in [-0.15, -0.1) is 0 Å². The Balaban J connectivity index is 1.89. The fraction of sp³-hybridized carbons (Fsp3) is 0.105. The molecule has 0 heterocycles. The minimum absolute atomic E-state index is 0.242. The van der Waals surface area contributed by atoms with Crippen molar-refractivity contribution < 1.29 is 4.79 Å². The second-order valence-corrected chi connectivity index (χ2v) is 5.34. The molecular formula is C19H18N2O. The molecule has 110 valence electrons. The van der Waals surface area contributed by atoms with Crippen LogP contribution in [0.1, 0.15) is 18.1 Å². The van der Waals surface area contributed by atoms with Gasteiger partial charge in [0.1, 0.15) is 0 Å². The number of hydrogen-bond acceptors (Lipinski definition) is 1. The summed E-state index contributed by atoms with van der Waals surface area (Å²) in [6.07, 6.45) is 4.31. The molecule has 2 aromatic rings. The first-order valence-corrected chi connectivity index (χ1v) is 7.26. The van der Waals surface area contributed by atoms with Crippen LogP contribution < -0.4 is 10.6 Å². The average molecular weight is 290 g/mol. The molecule has 0 fully saturated rings.